The van der Waals surface area contributed by atoms with Gasteiger partial charge in [-0.1, -0.05) is 12.1 Å². The van der Waals surface area contributed by atoms with Gasteiger partial charge < -0.3 is 5.11 Å². The predicted octanol–water partition coefficient (Wildman–Crippen LogP) is 2.64. The largest absolute Gasteiger partial charge is 0.392 e. The van der Waals surface area contributed by atoms with Crippen LogP contribution in [0.25, 0.3) is 16.3 Å². The summed E-state index contributed by atoms with van der Waals surface area (Å²) in [5.74, 6) is -0.0398. The summed E-state index contributed by atoms with van der Waals surface area (Å²) in [6.45, 7) is 3.74. The van der Waals surface area contributed by atoms with Crippen LogP contribution in [0.4, 0.5) is 0 Å². The van der Waals surface area contributed by atoms with Crippen molar-refractivity contribution in [3.8, 4) is 0 Å². The van der Waals surface area contributed by atoms with Crippen molar-refractivity contribution in [1.82, 2.24) is 4.98 Å². The van der Waals surface area contributed by atoms with Gasteiger partial charge in [0.25, 0.3) is 0 Å². The van der Waals surface area contributed by atoms with Crippen molar-refractivity contribution >= 4 is 22.1 Å². The first-order valence-electron chi connectivity index (χ1n) is 5.88. The van der Waals surface area contributed by atoms with Crippen molar-refractivity contribution < 1.29 is 9.90 Å². The van der Waals surface area contributed by atoms with Crippen LogP contribution in [0.1, 0.15) is 34.1 Å². The van der Waals surface area contributed by atoms with Gasteiger partial charge >= 0.3 is 0 Å². The zero-order valence-corrected chi connectivity index (χ0v) is 10.3. The molecule has 0 radical (unpaired) electrons. The number of hydrogen-bond acceptors (Lipinski definition) is 3. The number of carbonyl (C=O) groups excluding carboxylic acids is 1. The van der Waals surface area contributed by atoms with E-state index in [0.717, 1.165) is 27.6 Å². The molecule has 2 aromatic rings. The second-order valence-corrected chi connectivity index (χ2v) is 4.66. The van der Waals surface area contributed by atoms with Crippen LogP contribution in [0.3, 0.4) is 0 Å². The molecule has 0 saturated heterocycles. The Kier molecular flexibility index (Phi) is 2.31. The topological polar surface area (TPSA) is 50.2 Å². The molecule has 0 unspecified atom stereocenters. The van der Waals surface area contributed by atoms with Crippen LogP contribution in [0, 0.1) is 6.92 Å². The smallest absolute Gasteiger partial charge is 0.187 e. The minimum absolute atomic E-state index is 0.0398. The number of carbonyl (C=O) groups is 1. The fourth-order valence-electron chi connectivity index (χ4n) is 2.57. The molecule has 18 heavy (non-hydrogen) atoms. The first kappa shape index (κ1) is 11.1. The van der Waals surface area contributed by atoms with Crippen LogP contribution in [0.15, 0.2) is 24.4 Å². The number of hydrogen-bond donors (Lipinski definition) is 1. The summed E-state index contributed by atoms with van der Waals surface area (Å²) in [7, 11) is 0. The van der Waals surface area contributed by atoms with Crippen LogP contribution in [0.5, 0.6) is 0 Å². The van der Waals surface area contributed by atoms with Gasteiger partial charge in [0.05, 0.1) is 12.3 Å². The van der Waals surface area contributed by atoms with Crippen molar-refractivity contribution in [1.29, 1.82) is 0 Å². The monoisotopic (exact) mass is 239 g/mol. The maximum Gasteiger partial charge on any atom is 0.187 e. The van der Waals surface area contributed by atoms with Gasteiger partial charge in [-0.3, -0.25) is 9.78 Å². The van der Waals surface area contributed by atoms with E-state index >= 15 is 0 Å². The fourth-order valence-corrected chi connectivity index (χ4v) is 2.57. The van der Waals surface area contributed by atoms with E-state index in [1.165, 1.54) is 0 Å². The second kappa shape index (κ2) is 3.75. The molecule has 0 fully saturated rings. The summed E-state index contributed by atoms with van der Waals surface area (Å²) in [6, 6.07) is 3.78. The van der Waals surface area contributed by atoms with Crippen molar-refractivity contribution in [3.63, 3.8) is 0 Å². The van der Waals surface area contributed by atoms with Crippen molar-refractivity contribution in [2.75, 3.05) is 0 Å². The minimum atomic E-state index is -0.128. The zero-order valence-electron chi connectivity index (χ0n) is 10.3. The highest BCUT2D eigenvalue weighted by atomic mass is 16.3. The van der Waals surface area contributed by atoms with E-state index in [9.17, 15) is 9.90 Å². The quantitative estimate of drug-likeness (QED) is 0.832. The van der Waals surface area contributed by atoms with Crippen LogP contribution in [-0.2, 0) is 6.61 Å². The van der Waals surface area contributed by atoms with Gasteiger partial charge in [-0.25, -0.2) is 0 Å². The molecule has 1 aromatic carbocycles. The molecule has 1 N–H and O–H groups in total. The molecule has 0 atom stereocenters. The summed E-state index contributed by atoms with van der Waals surface area (Å²) < 4.78 is 0. The van der Waals surface area contributed by atoms with E-state index in [2.05, 4.69) is 4.98 Å². The van der Waals surface area contributed by atoms with Crippen LogP contribution >= 0.6 is 0 Å². The van der Waals surface area contributed by atoms with Crippen LogP contribution in [-0.4, -0.2) is 15.9 Å². The molecule has 1 heterocycles. The van der Waals surface area contributed by atoms with E-state index in [4.69, 9.17) is 0 Å². The third kappa shape index (κ3) is 1.34. The highest BCUT2D eigenvalue weighted by molar-refractivity contribution is 6.22. The van der Waals surface area contributed by atoms with E-state index < -0.39 is 0 Å². The number of aliphatic hydroxyl groups excluding tert-OH is 1. The van der Waals surface area contributed by atoms with E-state index in [1.807, 2.05) is 32.2 Å². The molecule has 1 aliphatic rings. The molecule has 3 heteroatoms. The van der Waals surface area contributed by atoms with Gasteiger partial charge in [-0.15, -0.1) is 0 Å². The Morgan fingerprint density at radius 2 is 2.06 bits per heavy atom. The highest BCUT2D eigenvalue weighted by Crippen LogP contribution is 2.34. The summed E-state index contributed by atoms with van der Waals surface area (Å²) >= 11 is 0. The van der Waals surface area contributed by atoms with Crippen LogP contribution in [0.2, 0.25) is 0 Å². The molecular formula is C15H13NO2. The normalized spacial score (nSPS) is 13.9. The highest BCUT2D eigenvalue weighted by Gasteiger charge is 2.22. The summed E-state index contributed by atoms with van der Waals surface area (Å²) in [4.78, 5) is 16.6. The van der Waals surface area contributed by atoms with Gasteiger partial charge in [-0.2, -0.15) is 0 Å². The number of allylic oxidation sites excluding steroid dienone is 2. The lowest BCUT2D eigenvalue weighted by Crippen LogP contribution is -2.10. The zero-order chi connectivity index (χ0) is 12.9. The van der Waals surface area contributed by atoms with E-state index in [-0.39, 0.29) is 12.4 Å². The second-order valence-electron chi connectivity index (χ2n) is 4.66. The average molecular weight is 239 g/mol. The number of aliphatic hydroxyl groups is 1. The number of aromatic nitrogens is 1. The standard InChI is InChI=1S/C15H13NO2/c1-8-5-12(18)13-10(7-17)3-4-11-9(2)6-16-15(8)14(11)13/h3-6,17H,7H2,1-2H3. The molecule has 3 rings (SSSR count). The Bertz CT molecular complexity index is 714. The van der Waals surface area contributed by atoms with Gasteiger partial charge in [0.15, 0.2) is 5.78 Å². The number of rotatable bonds is 1. The Morgan fingerprint density at radius 3 is 2.78 bits per heavy atom. The molecule has 3 nitrogen and oxygen atoms in total. The lowest BCUT2D eigenvalue weighted by atomic mass is 9.87. The Balaban J connectivity index is 2.56. The van der Waals surface area contributed by atoms with Crippen molar-refractivity contribution in [2.45, 2.75) is 20.5 Å². The third-order valence-corrected chi connectivity index (χ3v) is 3.48. The van der Waals surface area contributed by atoms with Crippen molar-refractivity contribution in [2.24, 2.45) is 0 Å². The lowest BCUT2D eigenvalue weighted by Gasteiger charge is -2.18. The first-order valence-corrected chi connectivity index (χ1v) is 5.88. The predicted molar refractivity (Wildman–Crippen MR) is 70.4 cm³/mol. The van der Waals surface area contributed by atoms with E-state index in [1.54, 1.807) is 6.08 Å². The van der Waals surface area contributed by atoms with Gasteiger partial charge in [0.1, 0.15) is 0 Å². The average Bonchev–Trinajstić information content (AvgIpc) is 2.36. The number of pyridine rings is 1. The Labute approximate surface area is 105 Å². The summed E-state index contributed by atoms with van der Waals surface area (Å²) in [6.07, 6.45) is 3.42. The Morgan fingerprint density at radius 1 is 1.28 bits per heavy atom. The lowest BCUT2D eigenvalue weighted by molar-refractivity contribution is 0.104. The third-order valence-electron chi connectivity index (χ3n) is 3.48. The molecule has 1 aromatic heterocycles. The van der Waals surface area contributed by atoms with E-state index in [0.29, 0.717) is 11.1 Å². The Hall–Kier alpha value is -2.00. The molecule has 0 spiro atoms. The number of aryl methyl sites for hydroxylation is 1. The number of nitrogens with zero attached hydrogens (tertiary/aromatic N) is 1. The molecular weight excluding hydrogens is 226 g/mol. The molecule has 0 saturated carbocycles. The van der Waals surface area contributed by atoms with Gasteiger partial charge in [0.2, 0.25) is 0 Å². The number of ketones is 1. The fraction of sp³-hybridized carbons (Fsp3) is 0.200. The maximum absolute atomic E-state index is 12.2. The molecule has 0 bridgehead atoms. The van der Waals surface area contributed by atoms with Gasteiger partial charge in [-0.05, 0) is 42.0 Å². The molecule has 90 valence electrons. The van der Waals surface area contributed by atoms with Gasteiger partial charge in [0, 0.05) is 17.1 Å². The number of benzene rings is 1. The summed E-state index contributed by atoms with van der Waals surface area (Å²) in [5.41, 5.74) is 4.05. The minimum Gasteiger partial charge on any atom is -0.392 e. The summed E-state index contributed by atoms with van der Waals surface area (Å²) in [5, 5.41) is 11.3. The SMILES string of the molecule is CC1=CC(=O)c2c(CO)ccc3c(C)cnc1c23. The molecule has 0 aliphatic heterocycles. The van der Waals surface area contributed by atoms with Crippen molar-refractivity contribution in [3.05, 3.63) is 46.8 Å². The molecule has 0 amide bonds. The van der Waals surface area contributed by atoms with Crippen LogP contribution < -0.4 is 0 Å². The first-order chi connectivity index (χ1) is 8.63. The maximum atomic E-state index is 12.2. The molecule has 1 aliphatic carbocycles.